The summed E-state index contributed by atoms with van der Waals surface area (Å²) in [6.07, 6.45) is 13.4. The normalized spacial score (nSPS) is 25.8. The van der Waals surface area contributed by atoms with Crippen molar-refractivity contribution < 1.29 is 0 Å². The molecule has 4 nitrogen and oxygen atoms in total. The molecule has 9 aromatic rings. The Hall–Kier alpha value is -6.76. The van der Waals surface area contributed by atoms with Gasteiger partial charge in [0.15, 0.2) is 0 Å². The van der Waals surface area contributed by atoms with Gasteiger partial charge < -0.3 is 19.3 Å². The Morgan fingerprint density at radius 1 is 0.506 bits per heavy atom. The van der Waals surface area contributed by atoms with Crippen LogP contribution in [0.25, 0.3) is 48.0 Å². The van der Waals surface area contributed by atoms with E-state index in [1.54, 1.807) is 11.0 Å². The number of rotatable bonds is 3. The third-order valence-corrected chi connectivity index (χ3v) is 25.9. The predicted octanol–water partition coefficient (Wildman–Crippen LogP) is 20.2. The van der Waals surface area contributed by atoms with Gasteiger partial charge in [-0.3, -0.25) is 0 Å². The largest absolute Gasteiger partial charge is 0.338 e. The quantitative estimate of drug-likeness (QED) is 0.164. The number of allylic oxidation sites excluding steroid dienone is 2. The number of hydrogen-bond acceptors (Lipinski definition) is 4. The topological polar surface area (TPSA) is 14.7 Å². The van der Waals surface area contributed by atoms with Crippen LogP contribution in [0, 0.1) is 0 Å². The molecule has 6 heterocycles. The Morgan fingerprint density at radius 3 is 1.79 bits per heavy atom. The summed E-state index contributed by atoms with van der Waals surface area (Å²) in [4.78, 5) is 8.77. The van der Waals surface area contributed by atoms with Gasteiger partial charge >= 0.3 is 0 Å². The molecule has 0 amide bonds. The maximum absolute atomic E-state index is 2.96. The van der Waals surface area contributed by atoms with E-state index in [4.69, 9.17) is 0 Å². The van der Waals surface area contributed by atoms with Crippen LogP contribution in [0.15, 0.2) is 151 Å². The lowest BCUT2D eigenvalue weighted by Crippen LogP contribution is -2.61. The highest BCUT2D eigenvalue weighted by atomic mass is 32.1. The zero-order valence-corrected chi connectivity index (χ0v) is 55.3. The molecule has 0 spiro atoms. The first-order chi connectivity index (χ1) is 41.3. The van der Waals surface area contributed by atoms with Gasteiger partial charge in [0, 0.05) is 88.7 Å². The van der Waals surface area contributed by atoms with Crippen LogP contribution in [0.1, 0.15) is 201 Å². The van der Waals surface area contributed by atoms with E-state index in [0.717, 1.165) is 19.3 Å². The maximum atomic E-state index is 2.96. The number of hydrogen-bond donors (Lipinski definition) is 0. The summed E-state index contributed by atoms with van der Waals surface area (Å²) in [5.74, 6) is 0. The van der Waals surface area contributed by atoms with Gasteiger partial charge in [-0.2, -0.15) is 0 Å². The molecular weight excluding hydrogens is 1070 g/mol. The Bertz CT molecular complexity index is 4600. The fraction of sp³-hybridized carbons (Fsp3) is 0.407. The molecular formula is C81H87BN4S. The summed E-state index contributed by atoms with van der Waals surface area (Å²) in [5.41, 5.74) is 28.1. The molecule has 8 aliphatic rings. The first-order valence-corrected chi connectivity index (χ1v) is 34.1. The van der Waals surface area contributed by atoms with Crippen LogP contribution in [0.4, 0.5) is 28.4 Å². The average molecular weight is 1160 g/mol. The van der Waals surface area contributed by atoms with Gasteiger partial charge in [-0.15, -0.1) is 11.3 Å². The molecule has 4 aliphatic carbocycles. The van der Waals surface area contributed by atoms with Crippen LogP contribution in [0.3, 0.4) is 0 Å². The second kappa shape index (κ2) is 17.3. The molecule has 4 aliphatic heterocycles. The Kier molecular flexibility index (Phi) is 10.8. The standard InChI is InChI=1S/C81H87BN4S/c1-74(2,3)48-31-35-62-58(42-48)78(12)37-20-22-39-80(78,14)85(62)51-33-34-60-65(45-51)83(64-29-24-27-54-53-25-17-19-30-68(53)87-73(54)64)66-46-52(86-63-36-32-49(75(4,5)6)43-59(63)79(13)38-21-23-40-81(79,86)15)47-67-70(66)82(60)61-44-50(76(7,8)9)41-56-69-72(84(67)71(56)61)55-26-16-18-28-57(55)77(69,10)11/h16-19,24-36,41-45,47,66H,20-23,37-40,46H2,1-15H3. The van der Waals surface area contributed by atoms with Crippen LogP contribution in [-0.2, 0) is 32.5 Å². The molecule has 440 valence electrons. The van der Waals surface area contributed by atoms with E-state index in [1.807, 2.05) is 11.3 Å². The minimum Gasteiger partial charge on any atom is -0.338 e. The van der Waals surface area contributed by atoms with E-state index >= 15 is 0 Å². The number of fused-ring (bicyclic) bond motifs is 18. The van der Waals surface area contributed by atoms with Crippen molar-refractivity contribution in [3.63, 3.8) is 0 Å². The first kappa shape index (κ1) is 54.4. The Balaban J connectivity index is 1.00. The summed E-state index contributed by atoms with van der Waals surface area (Å²) >= 11 is 1.99. The third-order valence-electron chi connectivity index (χ3n) is 24.7. The van der Waals surface area contributed by atoms with Crippen molar-refractivity contribution in [3.8, 4) is 11.3 Å². The van der Waals surface area contributed by atoms with Crippen LogP contribution in [-0.4, -0.2) is 28.4 Å². The average Bonchev–Trinajstić information content (AvgIpc) is 1.59. The lowest BCUT2D eigenvalue weighted by atomic mass is 9.31. The molecule has 0 radical (unpaired) electrons. The number of nitrogens with zero attached hydrogens (tertiary/aromatic N) is 4. The van der Waals surface area contributed by atoms with Crippen molar-refractivity contribution in [2.45, 2.75) is 211 Å². The van der Waals surface area contributed by atoms with E-state index in [9.17, 15) is 0 Å². The van der Waals surface area contributed by atoms with Crippen LogP contribution >= 0.6 is 11.3 Å². The number of anilines is 5. The number of benzene rings is 7. The van der Waals surface area contributed by atoms with Crippen LogP contribution in [0.5, 0.6) is 0 Å². The second-order valence-electron chi connectivity index (χ2n) is 32.7. The Morgan fingerprint density at radius 2 is 1.11 bits per heavy atom. The van der Waals surface area contributed by atoms with Gasteiger partial charge in [0.25, 0.3) is 0 Å². The maximum Gasteiger partial charge on any atom is 0.247 e. The first-order valence-electron chi connectivity index (χ1n) is 33.3. The van der Waals surface area contributed by atoms with E-state index < -0.39 is 0 Å². The van der Waals surface area contributed by atoms with Crippen molar-refractivity contribution >= 4 is 94.2 Å². The molecule has 5 atom stereocenters. The van der Waals surface area contributed by atoms with Gasteiger partial charge in [0.05, 0.1) is 33.2 Å². The van der Waals surface area contributed by atoms with Gasteiger partial charge in [-0.25, -0.2) is 0 Å². The monoisotopic (exact) mass is 1160 g/mol. The summed E-state index contributed by atoms with van der Waals surface area (Å²) in [7, 11) is 0. The zero-order chi connectivity index (χ0) is 60.2. The van der Waals surface area contributed by atoms with Crippen molar-refractivity contribution in [2.75, 3.05) is 14.7 Å². The van der Waals surface area contributed by atoms with Gasteiger partial charge in [0.2, 0.25) is 6.71 Å². The Labute approximate surface area is 522 Å². The molecule has 6 heteroatoms. The molecule has 0 saturated heterocycles. The molecule has 2 saturated carbocycles. The third kappa shape index (κ3) is 6.88. The van der Waals surface area contributed by atoms with Crippen molar-refractivity contribution in [2.24, 2.45) is 0 Å². The molecule has 7 aromatic carbocycles. The van der Waals surface area contributed by atoms with Gasteiger partial charge in [-0.05, 0) is 160 Å². The smallest absolute Gasteiger partial charge is 0.247 e. The van der Waals surface area contributed by atoms with E-state index in [2.05, 4.69) is 263 Å². The highest BCUT2D eigenvalue weighted by Crippen LogP contribution is 2.65. The lowest BCUT2D eigenvalue weighted by molar-refractivity contribution is 0.189. The number of thiophene rings is 1. The fourth-order valence-corrected chi connectivity index (χ4v) is 20.8. The molecule has 5 unspecified atom stereocenters. The summed E-state index contributed by atoms with van der Waals surface area (Å²) in [5, 5.41) is 4.12. The summed E-state index contributed by atoms with van der Waals surface area (Å²) in [6.45, 7) is 37.3. The minimum absolute atomic E-state index is 0.00204. The highest BCUT2D eigenvalue weighted by Gasteiger charge is 2.61. The lowest BCUT2D eigenvalue weighted by Gasteiger charge is -2.54. The molecule has 0 bridgehead atoms. The van der Waals surface area contributed by atoms with Crippen molar-refractivity contribution in [1.29, 1.82) is 0 Å². The van der Waals surface area contributed by atoms with E-state index in [1.165, 1.54) is 165 Å². The second-order valence-corrected chi connectivity index (χ2v) is 33.7. The summed E-state index contributed by atoms with van der Waals surface area (Å²) < 4.78 is 5.58. The van der Waals surface area contributed by atoms with Crippen LogP contribution < -0.4 is 25.6 Å². The van der Waals surface area contributed by atoms with E-state index in [-0.39, 0.29) is 56.3 Å². The van der Waals surface area contributed by atoms with E-state index in [0.29, 0.717) is 0 Å². The van der Waals surface area contributed by atoms with Gasteiger partial charge in [0.1, 0.15) is 0 Å². The SMILES string of the molecule is CC(C)(C)c1ccc2c(c1)C1(C)CCCCC1(C)N2C1=CC2=C3B(c4ccc(N5c6ccc(C(C)(C)C)cc6C6(C)CCCCC56C)cc4N(c4cccc5c4sc4ccccc45)C3C1)c1cc(C(C)(C)C)cc3c4c(n2c13)-c1ccccc1C4(C)C. The molecule has 87 heavy (non-hydrogen) atoms. The zero-order valence-electron chi connectivity index (χ0n) is 54.5. The molecule has 2 fully saturated rings. The minimum atomic E-state index is -0.209. The van der Waals surface area contributed by atoms with Crippen molar-refractivity contribution in [1.82, 2.24) is 4.57 Å². The summed E-state index contributed by atoms with van der Waals surface area (Å²) in [6, 6.07) is 54.4. The van der Waals surface area contributed by atoms with Gasteiger partial charge in [-0.1, -0.05) is 207 Å². The molecule has 17 rings (SSSR count). The number of aromatic nitrogens is 1. The van der Waals surface area contributed by atoms with Crippen molar-refractivity contribution in [3.05, 3.63) is 190 Å². The molecule has 2 aromatic heterocycles. The predicted molar refractivity (Wildman–Crippen MR) is 374 cm³/mol. The fourth-order valence-electron chi connectivity index (χ4n) is 19.6. The molecule has 0 N–H and O–H groups in total. The highest BCUT2D eigenvalue weighted by molar-refractivity contribution is 7.26. The van der Waals surface area contributed by atoms with Crippen LogP contribution in [0.2, 0.25) is 0 Å².